The largest absolute Gasteiger partial charge is 0.497 e. The first kappa shape index (κ1) is 21.6. The molecule has 160 valence electrons. The van der Waals surface area contributed by atoms with E-state index in [1.165, 1.54) is 0 Å². The van der Waals surface area contributed by atoms with Gasteiger partial charge in [0, 0.05) is 45.3 Å². The van der Waals surface area contributed by atoms with Crippen LogP contribution >= 0.6 is 0 Å². The molecule has 7 heteroatoms. The highest BCUT2D eigenvalue weighted by molar-refractivity contribution is 5.98. The fraction of sp³-hybridized carbons (Fsp3) is 0.435. The van der Waals surface area contributed by atoms with Crippen molar-refractivity contribution < 1.29 is 14.3 Å². The number of hydrogen-bond acceptors (Lipinski definition) is 5. The maximum absolute atomic E-state index is 12.8. The van der Waals surface area contributed by atoms with Gasteiger partial charge in [0.15, 0.2) is 0 Å². The molecule has 0 spiro atoms. The number of methoxy groups -OCH3 is 1. The molecule has 1 aliphatic rings. The van der Waals surface area contributed by atoms with Crippen molar-refractivity contribution in [1.29, 1.82) is 0 Å². The molecule has 30 heavy (non-hydrogen) atoms. The van der Waals surface area contributed by atoms with Gasteiger partial charge in [-0.1, -0.05) is 25.5 Å². The first-order valence-electron chi connectivity index (χ1n) is 10.5. The van der Waals surface area contributed by atoms with E-state index in [9.17, 15) is 9.59 Å². The molecule has 7 nitrogen and oxygen atoms in total. The van der Waals surface area contributed by atoms with Crippen molar-refractivity contribution in [1.82, 2.24) is 15.2 Å². The number of benzene rings is 1. The smallest absolute Gasteiger partial charge is 0.255 e. The summed E-state index contributed by atoms with van der Waals surface area (Å²) in [7, 11) is 1.63. The second-order valence-corrected chi connectivity index (χ2v) is 7.38. The predicted molar refractivity (Wildman–Crippen MR) is 117 cm³/mol. The van der Waals surface area contributed by atoms with Crippen molar-refractivity contribution in [2.45, 2.75) is 32.7 Å². The third-order valence-corrected chi connectivity index (χ3v) is 5.32. The minimum absolute atomic E-state index is 0.157. The maximum atomic E-state index is 12.8. The first-order chi connectivity index (χ1) is 14.6. The average molecular weight is 411 g/mol. The Labute approximate surface area is 178 Å². The second kappa shape index (κ2) is 10.6. The Bertz CT molecular complexity index is 846. The molecule has 3 rings (SSSR count). The van der Waals surface area contributed by atoms with Crippen LogP contribution in [0, 0.1) is 0 Å². The number of unbranched alkanes of at least 4 members (excludes halogenated alkanes) is 1. The molecule has 2 amide bonds. The molecule has 1 aromatic carbocycles. The van der Waals surface area contributed by atoms with Crippen LogP contribution in [0.4, 0.5) is 5.82 Å². The predicted octanol–water partition coefficient (Wildman–Crippen LogP) is 2.86. The second-order valence-electron chi connectivity index (χ2n) is 7.38. The van der Waals surface area contributed by atoms with E-state index in [1.807, 2.05) is 29.2 Å². The van der Waals surface area contributed by atoms with E-state index in [-0.39, 0.29) is 11.8 Å². The number of ether oxygens (including phenoxy) is 1. The Hall–Kier alpha value is -3.09. The molecular formula is C23H30N4O3. The SMILES string of the molecule is CCCCC(=O)N1CCN(c2ncccc2C(=O)NCc2ccc(OC)cc2)CC1. The lowest BCUT2D eigenvalue weighted by atomic mass is 10.1. The Morgan fingerprint density at radius 1 is 1.10 bits per heavy atom. The van der Waals surface area contributed by atoms with Crippen LogP contribution in [-0.4, -0.2) is 55.0 Å². The monoisotopic (exact) mass is 410 g/mol. The van der Waals surface area contributed by atoms with Crippen LogP contribution in [0.25, 0.3) is 0 Å². The summed E-state index contributed by atoms with van der Waals surface area (Å²) in [5.74, 6) is 1.52. The highest BCUT2D eigenvalue weighted by Crippen LogP contribution is 2.20. The van der Waals surface area contributed by atoms with Crippen LogP contribution in [0.3, 0.4) is 0 Å². The molecule has 1 saturated heterocycles. The third-order valence-electron chi connectivity index (χ3n) is 5.32. The molecule has 0 unspecified atom stereocenters. The highest BCUT2D eigenvalue weighted by atomic mass is 16.5. The summed E-state index contributed by atoms with van der Waals surface area (Å²) in [4.78, 5) is 33.6. The van der Waals surface area contributed by atoms with E-state index in [0.29, 0.717) is 50.5 Å². The van der Waals surface area contributed by atoms with Crippen LogP contribution < -0.4 is 15.0 Å². The number of piperazine rings is 1. The van der Waals surface area contributed by atoms with Gasteiger partial charge in [0.25, 0.3) is 5.91 Å². The van der Waals surface area contributed by atoms with Crippen LogP contribution in [0.2, 0.25) is 0 Å². The fourth-order valence-electron chi connectivity index (χ4n) is 3.50. The fourth-order valence-corrected chi connectivity index (χ4v) is 3.50. The minimum atomic E-state index is -0.157. The Kier molecular flexibility index (Phi) is 7.65. The van der Waals surface area contributed by atoms with Gasteiger partial charge < -0.3 is 19.9 Å². The van der Waals surface area contributed by atoms with Gasteiger partial charge in [0.05, 0.1) is 12.7 Å². The first-order valence-corrected chi connectivity index (χ1v) is 10.5. The molecule has 0 atom stereocenters. The van der Waals surface area contributed by atoms with Crippen LogP contribution in [0.5, 0.6) is 5.75 Å². The van der Waals surface area contributed by atoms with E-state index >= 15 is 0 Å². The molecule has 2 aromatic rings. The van der Waals surface area contributed by atoms with E-state index in [4.69, 9.17) is 4.74 Å². The number of anilines is 1. The molecule has 1 N–H and O–H groups in total. The summed E-state index contributed by atoms with van der Waals surface area (Å²) in [5.41, 5.74) is 1.55. The number of hydrogen-bond donors (Lipinski definition) is 1. The molecule has 0 bridgehead atoms. The van der Waals surface area contributed by atoms with E-state index in [1.54, 1.807) is 25.4 Å². The van der Waals surface area contributed by atoms with Gasteiger partial charge in [0.1, 0.15) is 11.6 Å². The summed E-state index contributed by atoms with van der Waals surface area (Å²) >= 11 is 0. The zero-order valence-electron chi connectivity index (χ0n) is 17.8. The summed E-state index contributed by atoms with van der Waals surface area (Å²) in [6.07, 6.45) is 4.26. The van der Waals surface area contributed by atoms with Gasteiger partial charge in [-0.3, -0.25) is 9.59 Å². The molecule has 0 aliphatic carbocycles. The number of amides is 2. The normalized spacial score (nSPS) is 13.8. The third kappa shape index (κ3) is 5.49. The lowest BCUT2D eigenvalue weighted by Gasteiger charge is -2.36. The number of nitrogens with zero attached hydrogens (tertiary/aromatic N) is 3. The summed E-state index contributed by atoms with van der Waals surface area (Å²) in [6.45, 7) is 5.18. The van der Waals surface area contributed by atoms with E-state index < -0.39 is 0 Å². The van der Waals surface area contributed by atoms with Gasteiger partial charge in [-0.05, 0) is 36.2 Å². The number of carbonyl (C=O) groups excluding carboxylic acids is 2. The standard InChI is InChI=1S/C23H30N4O3/c1-3-4-7-21(28)26-13-15-27(16-14-26)22-20(6-5-12-24-22)23(29)25-17-18-8-10-19(30-2)11-9-18/h5-6,8-12H,3-4,7,13-17H2,1-2H3,(H,25,29). The highest BCUT2D eigenvalue weighted by Gasteiger charge is 2.24. The van der Waals surface area contributed by atoms with Crippen molar-refractivity contribution in [3.8, 4) is 5.75 Å². The number of rotatable bonds is 8. The van der Waals surface area contributed by atoms with Crippen LogP contribution in [0.15, 0.2) is 42.6 Å². The van der Waals surface area contributed by atoms with Crippen LogP contribution in [-0.2, 0) is 11.3 Å². The number of pyridine rings is 1. The Balaban J connectivity index is 1.60. The van der Waals surface area contributed by atoms with Crippen molar-refractivity contribution >= 4 is 17.6 Å². The zero-order valence-corrected chi connectivity index (χ0v) is 17.8. The van der Waals surface area contributed by atoms with Crippen molar-refractivity contribution in [2.75, 3.05) is 38.2 Å². The molecule has 1 aromatic heterocycles. The minimum Gasteiger partial charge on any atom is -0.497 e. The molecule has 0 radical (unpaired) electrons. The van der Waals surface area contributed by atoms with Crippen molar-refractivity contribution in [3.05, 3.63) is 53.7 Å². The Morgan fingerprint density at radius 2 is 1.83 bits per heavy atom. The molecular weight excluding hydrogens is 380 g/mol. The topological polar surface area (TPSA) is 74.8 Å². The van der Waals surface area contributed by atoms with Gasteiger partial charge >= 0.3 is 0 Å². The number of carbonyl (C=O) groups is 2. The Morgan fingerprint density at radius 3 is 2.50 bits per heavy atom. The quantitative estimate of drug-likeness (QED) is 0.724. The number of aromatic nitrogens is 1. The lowest BCUT2D eigenvalue weighted by molar-refractivity contribution is -0.131. The maximum Gasteiger partial charge on any atom is 0.255 e. The summed E-state index contributed by atoms with van der Waals surface area (Å²) in [5, 5.41) is 2.97. The molecule has 2 heterocycles. The molecule has 1 aliphatic heterocycles. The summed E-state index contributed by atoms with van der Waals surface area (Å²) < 4.78 is 5.16. The van der Waals surface area contributed by atoms with Gasteiger partial charge in [-0.2, -0.15) is 0 Å². The van der Waals surface area contributed by atoms with Gasteiger partial charge in [-0.25, -0.2) is 4.98 Å². The van der Waals surface area contributed by atoms with Crippen LogP contribution in [0.1, 0.15) is 42.1 Å². The van der Waals surface area contributed by atoms with Gasteiger partial charge in [0.2, 0.25) is 5.91 Å². The zero-order chi connectivity index (χ0) is 21.3. The summed E-state index contributed by atoms with van der Waals surface area (Å²) in [6, 6.07) is 11.2. The number of nitrogens with one attached hydrogen (secondary N) is 1. The molecule has 1 fully saturated rings. The van der Waals surface area contributed by atoms with E-state index in [2.05, 4.69) is 22.1 Å². The van der Waals surface area contributed by atoms with Crippen molar-refractivity contribution in [2.24, 2.45) is 0 Å². The van der Waals surface area contributed by atoms with Crippen molar-refractivity contribution in [3.63, 3.8) is 0 Å². The lowest BCUT2D eigenvalue weighted by Crippen LogP contribution is -2.49. The average Bonchev–Trinajstić information content (AvgIpc) is 2.81. The molecule has 0 saturated carbocycles. The van der Waals surface area contributed by atoms with E-state index in [0.717, 1.165) is 24.2 Å². The van der Waals surface area contributed by atoms with Gasteiger partial charge in [-0.15, -0.1) is 0 Å².